The first-order valence-electron chi connectivity index (χ1n) is 8.28. The van der Waals surface area contributed by atoms with E-state index < -0.39 is 0 Å². The van der Waals surface area contributed by atoms with Crippen molar-refractivity contribution in [1.29, 1.82) is 0 Å². The van der Waals surface area contributed by atoms with Gasteiger partial charge in [-0.2, -0.15) is 0 Å². The first-order valence-corrected chi connectivity index (χ1v) is 9.07. The summed E-state index contributed by atoms with van der Waals surface area (Å²) < 4.78 is 7.32. The van der Waals surface area contributed by atoms with Crippen molar-refractivity contribution in [2.75, 3.05) is 13.2 Å². The lowest BCUT2D eigenvalue weighted by Crippen LogP contribution is -2.37. The number of halogens is 1. The number of benzene rings is 1. The van der Waals surface area contributed by atoms with Crippen LogP contribution in [0.15, 0.2) is 16.6 Å². The van der Waals surface area contributed by atoms with Crippen molar-refractivity contribution >= 4 is 15.9 Å². The zero-order chi connectivity index (χ0) is 14.9. The van der Waals surface area contributed by atoms with Gasteiger partial charge in [-0.1, -0.05) is 25.3 Å². The molecule has 0 atom stereocenters. The van der Waals surface area contributed by atoms with Crippen LogP contribution in [0.1, 0.15) is 56.1 Å². The standard InChI is InChI=1S/C18H26BrNO/c1-13-9-15(18(12-20)7-3-2-4-8-18)17(16(19)10-13)21-11-14-5-6-14/h9-10,14H,2-8,11-12,20H2,1H3. The average Bonchev–Trinajstić information content (AvgIpc) is 3.30. The van der Waals surface area contributed by atoms with E-state index in [1.54, 1.807) is 0 Å². The predicted molar refractivity (Wildman–Crippen MR) is 90.9 cm³/mol. The SMILES string of the molecule is Cc1cc(Br)c(OCC2CC2)c(C2(CN)CCCCC2)c1. The van der Waals surface area contributed by atoms with Gasteiger partial charge in [0.05, 0.1) is 11.1 Å². The normalized spacial score (nSPS) is 21.3. The molecule has 1 aromatic carbocycles. The number of ether oxygens (including phenoxy) is 1. The van der Waals surface area contributed by atoms with Gasteiger partial charge in [-0.3, -0.25) is 0 Å². The Kier molecular flexibility index (Phi) is 4.60. The molecule has 0 aliphatic heterocycles. The fourth-order valence-corrected chi connectivity index (χ4v) is 4.26. The second kappa shape index (κ2) is 6.29. The summed E-state index contributed by atoms with van der Waals surface area (Å²) in [6.07, 6.45) is 8.93. The first-order chi connectivity index (χ1) is 10.1. The van der Waals surface area contributed by atoms with E-state index in [0.717, 1.165) is 29.3 Å². The summed E-state index contributed by atoms with van der Waals surface area (Å²) in [4.78, 5) is 0. The molecule has 0 unspecified atom stereocenters. The van der Waals surface area contributed by atoms with Crippen LogP contribution in [-0.4, -0.2) is 13.2 Å². The Morgan fingerprint density at radius 2 is 1.95 bits per heavy atom. The van der Waals surface area contributed by atoms with Crippen LogP contribution >= 0.6 is 15.9 Å². The molecule has 0 spiro atoms. The molecule has 2 aliphatic rings. The smallest absolute Gasteiger partial charge is 0.137 e. The fourth-order valence-electron chi connectivity index (χ4n) is 3.57. The van der Waals surface area contributed by atoms with E-state index in [1.165, 1.54) is 56.1 Å². The Bertz CT molecular complexity index is 504. The quantitative estimate of drug-likeness (QED) is 0.833. The third-order valence-corrected chi connectivity index (χ3v) is 5.71. The van der Waals surface area contributed by atoms with Gasteiger partial charge in [-0.15, -0.1) is 0 Å². The number of hydrogen-bond donors (Lipinski definition) is 1. The molecule has 0 heterocycles. The summed E-state index contributed by atoms with van der Waals surface area (Å²) in [6, 6.07) is 4.48. The molecule has 0 bridgehead atoms. The Hall–Kier alpha value is -0.540. The second-order valence-corrected chi connectivity index (χ2v) is 7.78. The minimum absolute atomic E-state index is 0.117. The maximum atomic E-state index is 6.24. The van der Waals surface area contributed by atoms with Crippen LogP contribution in [0.5, 0.6) is 5.75 Å². The highest BCUT2D eigenvalue weighted by Crippen LogP contribution is 2.46. The van der Waals surface area contributed by atoms with Crippen LogP contribution in [0.4, 0.5) is 0 Å². The lowest BCUT2D eigenvalue weighted by atomic mass is 9.69. The second-order valence-electron chi connectivity index (χ2n) is 6.92. The third kappa shape index (κ3) is 3.29. The van der Waals surface area contributed by atoms with E-state index in [4.69, 9.17) is 10.5 Å². The van der Waals surface area contributed by atoms with Gasteiger partial charge in [-0.05, 0) is 66.1 Å². The molecule has 0 saturated heterocycles. The zero-order valence-electron chi connectivity index (χ0n) is 13.0. The van der Waals surface area contributed by atoms with Crippen LogP contribution in [0.3, 0.4) is 0 Å². The molecule has 2 fully saturated rings. The molecule has 3 heteroatoms. The average molecular weight is 352 g/mol. The molecule has 0 amide bonds. The van der Waals surface area contributed by atoms with Crippen molar-refractivity contribution in [3.8, 4) is 5.75 Å². The van der Waals surface area contributed by atoms with Crippen LogP contribution in [0.2, 0.25) is 0 Å². The summed E-state index contributed by atoms with van der Waals surface area (Å²) >= 11 is 3.72. The maximum Gasteiger partial charge on any atom is 0.137 e. The molecule has 116 valence electrons. The largest absolute Gasteiger partial charge is 0.492 e. The van der Waals surface area contributed by atoms with Gasteiger partial charge >= 0.3 is 0 Å². The Balaban J connectivity index is 1.96. The summed E-state index contributed by atoms with van der Waals surface area (Å²) in [5, 5.41) is 0. The summed E-state index contributed by atoms with van der Waals surface area (Å²) in [6.45, 7) is 3.74. The van der Waals surface area contributed by atoms with Gasteiger partial charge in [0.2, 0.25) is 0 Å². The van der Waals surface area contributed by atoms with Crippen LogP contribution in [0.25, 0.3) is 0 Å². The lowest BCUT2D eigenvalue weighted by molar-refractivity contribution is 0.261. The molecule has 1 aromatic rings. The molecule has 0 aromatic heterocycles. The number of rotatable bonds is 5. The molecule has 2 saturated carbocycles. The van der Waals surface area contributed by atoms with Gasteiger partial charge in [0.15, 0.2) is 0 Å². The van der Waals surface area contributed by atoms with E-state index in [1.807, 2.05) is 0 Å². The molecular weight excluding hydrogens is 326 g/mol. The van der Waals surface area contributed by atoms with E-state index in [2.05, 4.69) is 35.0 Å². The first kappa shape index (κ1) is 15.4. The highest BCUT2D eigenvalue weighted by molar-refractivity contribution is 9.10. The summed E-state index contributed by atoms with van der Waals surface area (Å²) in [7, 11) is 0. The molecule has 2 nitrogen and oxygen atoms in total. The minimum Gasteiger partial charge on any atom is -0.492 e. The van der Waals surface area contributed by atoms with E-state index in [0.29, 0.717) is 0 Å². The van der Waals surface area contributed by atoms with E-state index in [9.17, 15) is 0 Å². The zero-order valence-corrected chi connectivity index (χ0v) is 14.5. The topological polar surface area (TPSA) is 35.2 Å². The molecule has 0 radical (unpaired) electrons. The monoisotopic (exact) mass is 351 g/mol. The van der Waals surface area contributed by atoms with Gasteiger partial charge in [0, 0.05) is 17.5 Å². The molecule has 2 N–H and O–H groups in total. The highest BCUT2D eigenvalue weighted by Gasteiger charge is 2.36. The minimum atomic E-state index is 0.117. The Morgan fingerprint density at radius 1 is 1.24 bits per heavy atom. The summed E-state index contributed by atoms with van der Waals surface area (Å²) in [5.74, 6) is 1.83. The van der Waals surface area contributed by atoms with Crippen molar-refractivity contribution in [2.45, 2.75) is 57.3 Å². The summed E-state index contributed by atoms with van der Waals surface area (Å²) in [5.41, 5.74) is 8.98. The van der Waals surface area contributed by atoms with Crippen LogP contribution < -0.4 is 10.5 Å². The van der Waals surface area contributed by atoms with Crippen molar-refractivity contribution in [3.63, 3.8) is 0 Å². The number of hydrogen-bond acceptors (Lipinski definition) is 2. The Labute approximate surface area is 136 Å². The van der Waals surface area contributed by atoms with Gasteiger partial charge < -0.3 is 10.5 Å². The third-order valence-electron chi connectivity index (χ3n) is 5.12. The van der Waals surface area contributed by atoms with Crippen molar-refractivity contribution in [2.24, 2.45) is 11.7 Å². The van der Waals surface area contributed by atoms with Crippen molar-refractivity contribution in [3.05, 3.63) is 27.7 Å². The van der Waals surface area contributed by atoms with Crippen molar-refractivity contribution < 1.29 is 4.74 Å². The fraction of sp³-hybridized carbons (Fsp3) is 0.667. The maximum absolute atomic E-state index is 6.24. The molecule has 2 aliphatic carbocycles. The molecule has 3 rings (SSSR count). The lowest BCUT2D eigenvalue weighted by Gasteiger charge is -2.38. The highest BCUT2D eigenvalue weighted by atomic mass is 79.9. The predicted octanol–water partition coefficient (Wildman–Crippen LogP) is 4.71. The molecule has 21 heavy (non-hydrogen) atoms. The van der Waals surface area contributed by atoms with Gasteiger partial charge in [0.1, 0.15) is 5.75 Å². The molecular formula is C18H26BrNO. The van der Waals surface area contributed by atoms with E-state index in [-0.39, 0.29) is 5.41 Å². The van der Waals surface area contributed by atoms with Gasteiger partial charge in [0.25, 0.3) is 0 Å². The number of aryl methyl sites for hydroxylation is 1. The van der Waals surface area contributed by atoms with Gasteiger partial charge in [-0.25, -0.2) is 0 Å². The number of nitrogens with two attached hydrogens (primary N) is 1. The van der Waals surface area contributed by atoms with E-state index >= 15 is 0 Å². The van der Waals surface area contributed by atoms with Crippen molar-refractivity contribution in [1.82, 2.24) is 0 Å². The Morgan fingerprint density at radius 3 is 2.57 bits per heavy atom. The van der Waals surface area contributed by atoms with Crippen LogP contribution in [0, 0.1) is 12.8 Å². The van der Waals surface area contributed by atoms with Crippen LogP contribution in [-0.2, 0) is 5.41 Å².